The standard InChI is InChI=1S/C7H12O6/c1-3(9)12-7-6(11)5(10)4(2-8)13-7/h4-8,10-11H,2H2,1H3/t4-,5?,6-,7-/m0/s1. The van der Waals surface area contributed by atoms with Gasteiger partial charge in [-0.2, -0.15) is 0 Å². The van der Waals surface area contributed by atoms with E-state index in [4.69, 9.17) is 9.84 Å². The molecule has 76 valence electrons. The molecule has 1 rings (SSSR count). The lowest BCUT2D eigenvalue weighted by Crippen LogP contribution is -2.35. The van der Waals surface area contributed by atoms with Gasteiger partial charge in [-0.25, -0.2) is 0 Å². The average molecular weight is 192 g/mol. The predicted molar refractivity (Wildman–Crippen MR) is 39.5 cm³/mol. The van der Waals surface area contributed by atoms with E-state index in [1.54, 1.807) is 0 Å². The summed E-state index contributed by atoms with van der Waals surface area (Å²) in [5, 5.41) is 27.1. The van der Waals surface area contributed by atoms with Crippen LogP contribution < -0.4 is 0 Å². The zero-order chi connectivity index (χ0) is 10.0. The van der Waals surface area contributed by atoms with E-state index in [0.29, 0.717) is 0 Å². The van der Waals surface area contributed by atoms with E-state index in [2.05, 4.69) is 4.74 Å². The fourth-order valence-corrected chi connectivity index (χ4v) is 1.13. The van der Waals surface area contributed by atoms with Crippen molar-refractivity contribution in [2.45, 2.75) is 31.5 Å². The lowest BCUT2D eigenvalue weighted by Gasteiger charge is -2.13. The molecule has 13 heavy (non-hydrogen) atoms. The van der Waals surface area contributed by atoms with Crippen molar-refractivity contribution in [3.05, 3.63) is 0 Å². The first-order valence-electron chi connectivity index (χ1n) is 3.86. The van der Waals surface area contributed by atoms with Gasteiger partial charge in [-0.1, -0.05) is 0 Å². The smallest absolute Gasteiger partial charge is 0.305 e. The molecule has 0 aromatic rings. The number of hydrogen-bond donors (Lipinski definition) is 3. The third-order valence-corrected chi connectivity index (χ3v) is 1.78. The van der Waals surface area contributed by atoms with Crippen molar-refractivity contribution in [2.75, 3.05) is 6.61 Å². The largest absolute Gasteiger partial charge is 0.433 e. The number of esters is 1. The van der Waals surface area contributed by atoms with Gasteiger partial charge in [-0.05, 0) is 0 Å². The van der Waals surface area contributed by atoms with Gasteiger partial charge in [0, 0.05) is 6.92 Å². The van der Waals surface area contributed by atoms with Crippen LogP contribution in [0.2, 0.25) is 0 Å². The Kier molecular flexibility index (Phi) is 3.21. The number of rotatable bonds is 2. The van der Waals surface area contributed by atoms with Crippen molar-refractivity contribution in [2.24, 2.45) is 0 Å². The van der Waals surface area contributed by atoms with E-state index in [9.17, 15) is 15.0 Å². The van der Waals surface area contributed by atoms with E-state index in [1.807, 2.05) is 0 Å². The summed E-state index contributed by atoms with van der Waals surface area (Å²) in [6.07, 6.45) is -4.63. The van der Waals surface area contributed by atoms with Crippen LogP contribution in [0.1, 0.15) is 6.92 Å². The van der Waals surface area contributed by atoms with Crippen molar-refractivity contribution in [1.29, 1.82) is 0 Å². The second kappa shape index (κ2) is 4.01. The highest BCUT2D eigenvalue weighted by atomic mass is 16.7. The van der Waals surface area contributed by atoms with Crippen LogP contribution in [0.3, 0.4) is 0 Å². The molecule has 0 aromatic carbocycles. The van der Waals surface area contributed by atoms with Gasteiger partial charge in [-0.3, -0.25) is 4.79 Å². The fraction of sp³-hybridized carbons (Fsp3) is 0.857. The zero-order valence-corrected chi connectivity index (χ0v) is 7.08. The number of ether oxygens (including phenoxy) is 2. The highest BCUT2D eigenvalue weighted by Gasteiger charge is 2.44. The number of carbonyl (C=O) groups is 1. The van der Waals surface area contributed by atoms with Crippen LogP contribution in [-0.2, 0) is 14.3 Å². The second-order valence-electron chi connectivity index (χ2n) is 2.82. The van der Waals surface area contributed by atoms with Crippen LogP contribution in [0, 0.1) is 0 Å². The molecule has 0 aromatic heterocycles. The monoisotopic (exact) mass is 192 g/mol. The molecule has 0 radical (unpaired) electrons. The van der Waals surface area contributed by atoms with Gasteiger partial charge >= 0.3 is 5.97 Å². The maximum Gasteiger partial charge on any atom is 0.305 e. The minimum absolute atomic E-state index is 0.435. The van der Waals surface area contributed by atoms with Crippen LogP contribution in [0.5, 0.6) is 0 Å². The molecule has 1 fully saturated rings. The summed E-state index contributed by atoms with van der Waals surface area (Å²) in [7, 11) is 0. The Labute approximate surface area is 74.7 Å². The molecule has 4 atom stereocenters. The predicted octanol–water partition coefficient (Wildman–Crippen LogP) is -2.01. The van der Waals surface area contributed by atoms with E-state index in [1.165, 1.54) is 0 Å². The average Bonchev–Trinajstić information content (AvgIpc) is 2.32. The first kappa shape index (κ1) is 10.4. The van der Waals surface area contributed by atoms with Gasteiger partial charge in [0.05, 0.1) is 6.61 Å². The molecule has 1 unspecified atom stereocenters. The van der Waals surface area contributed by atoms with Gasteiger partial charge in [0.25, 0.3) is 0 Å². The molecule has 1 heterocycles. The Balaban J connectivity index is 2.55. The molecular formula is C7H12O6. The Morgan fingerprint density at radius 1 is 1.46 bits per heavy atom. The molecule has 1 aliphatic heterocycles. The maximum atomic E-state index is 10.5. The number of aliphatic hydroxyl groups is 3. The zero-order valence-electron chi connectivity index (χ0n) is 7.08. The van der Waals surface area contributed by atoms with Gasteiger partial charge in [0.2, 0.25) is 6.29 Å². The van der Waals surface area contributed by atoms with E-state index < -0.39 is 37.2 Å². The lowest BCUT2D eigenvalue weighted by molar-refractivity contribution is -0.187. The molecule has 0 amide bonds. The Bertz CT molecular complexity index is 193. The molecule has 1 aliphatic rings. The summed E-state index contributed by atoms with van der Waals surface area (Å²) in [6.45, 7) is 0.727. The number of hydrogen-bond acceptors (Lipinski definition) is 6. The molecule has 0 spiro atoms. The molecule has 1 saturated heterocycles. The summed E-state index contributed by atoms with van der Waals surface area (Å²) in [4.78, 5) is 10.5. The number of aliphatic hydroxyl groups excluding tert-OH is 3. The third kappa shape index (κ3) is 2.16. The van der Waals surface area contributed by atoms with Crippen LogP contribution in [0.15, 0.2) is 0 Å². The highest BCUT2D eigenvalue weighted by molar-refractivity contribution is 5.66. The summed E-state index contributed by atoms with van der Waals surface area (Å²) >= 11 is 0. The number of carbonyl (C=O) groups excluding carboxylic acids is 1. The summed E-state index contributed by atoms with van der Waals surface area (Å²) < 4.78 is 9.40. The highest BCUT2D eigenvalue weighted by Crippen LogP contribution is 2.21. The van der Waals surface area contributed by atoms with Crippen molar-refractivity contribution in [3.8, 4) is 0 Å². The van der Waals surface area contributed by atoms with Crippen LogP contribution >= 0.6 is 0 Å². The van der Waals surface area contributed by atoms with Crippen molar-refractivity contribution in [1.82, 2.24) is 0 Å². The van der Waals surface area contributed by atoms with E-state index >= 15 is 0 Å². The quantitative estimate of drug-likeness (QED) is 0.437. The van der Waals surface area contributed by atoms with Gasteiger partial charge in [0.15, 0.2) is 0 Å². The third-order valence-electron chi connectivity index (χ3n) is 1.78. The Hall–Kier alpha value is -0.690. The minimum atomic E-state index is -1.30. The summed E-state index contributed by atoms with van der Waals surface area (Å²) in [5.74, 6) is -0.616. The van der Waals surface area contributed by atoms with Crippen LogP contribution in [0.4, 0.5) is 0 Å². The SMILES string of the molecule is CC(=O)O[C@H]1O[C@@H](CO)C(O)[C@@H]1O. The molecule has 0 aliphatic carbocycles. The maximum absolute atomic E-state index is 10.5. The molecule has 0 saturated carbocycles. The van der Waals surface area contributed by atoms with Crippen LogP contribution in [0.25, 0.3) is 0 Å². The fourth-order valence-electron chi connectivity index (χ4n) is 1.13. The van der Waals surface area contributed by atoms with Gasteiger partial charge in [-0.15, -0.1) is 0 Å². The van der Waals surface area contributed by atoms with E-state index in [-0.39, 0.29) is 0 Å². The van der Waals surface area contributed by atoms with Gasteiger partial charge < -0.3 is 24.8 Å². The Morgan fingerprint density at radius 2 is 2.08 bits per heavy atom. The molecule has 6 heteroatoms. The first-order chi connectivity index (χ1) is 6.06. The van der Waals surface area contributed by atoms with Crippen LogP contribution in [-0.4, -0.2) is 52.5 Å². The van der Waals surface area contributed by atoms with E-state index in [0.717, 1.165) is 6.92 Å². The Morgan fingerprint density at radius 3 is 2.46 bits per heavy atom. The molecule has 0 bridgehead atoms. The molecule has 6 nitrogen and oxygen atoms in total. The molecular weight excluding hydrogens is 180 g/mol. The normalized spacial score (nSPS) is 39.1. The lowest BCUT2D eigenvalue weighted by atomic mass is 10.1. The molecule has 3 N–H and O–H groups in total. The van der Waals surface area contributed by atoms with Crippen molar-refractivity contribution in [3.63, 3.8) is 0 Å². The van der Waals surface area contributed by atoms with Gasteiger partial charge in [0.1, 0.15) is 18.3 Å². The van der Waals surface area contributed by atoms with Crippen molar-refractivity contribution >= 4 is 5.97 Å². The summed E-state index contributed by atoms with van der Waals surface area (Å²) in [6, 6.07) is 0. The first-order valence-corrected chi connectivity index (χ1v) is 3.86. The minimum Gasteiger partial charge on any atom is -0.433 e. The topological polar surface area (TPSA) is 96.2 Å². The summed E-state index contributed by atoms with van der Waals surface area (Å²) in [5.41, 5.74) is 0. The van der Waals surface area contributed by atoms with Crippen molar-refractivity contribution < 1.29 is 29.6 Å². The second-order valence-corrected chi connectivity index (χ2v) is 2.82.